The fraction of sp³-hybridized carbons (Fsp3) is 0.241. The summed E-state index contributed by atoms with van der Waals surface area (Å²) in [5, 5.41) is 19.3. The smallest absolute Gasteiger partial charge is 0.279 e. The maximum atomic E-state index is 13.7. The maximum absolute atomic E-state index is 13.7. The number of hydrogen-bond acceptors (Lipinski definition) is 6. The first kappa shape index (κ1) is 24.8. The van der Waals surface area contributed by atoms with Crippen LogP contribution < -0.4 is 11.1 Å². The standard InChI is InChI=1S/C29H28N6O4/c30-27(37)19-13-14-23-21(16-19)31-29(34(23)17-24(36)18-8-2-1-3-9-18)32-28(38)26-20-10-4-5-11-22(20)35(33-26)25-12-6-7-15-39-25/h1-5,8-11,13-14,16,24-25,36H,6-7,12,15,17H2,(H2,30,37)(H,31,32,38)/t24-,25?/m1/s1. The second-order valence-electron chi connectivity index (χ2n) is 9.63. The Balaban J connectivity index is 1.39. The molecule has 3 aromatic carbocycles. The highest BCUT2D eigenvalue weighted by Crippen LogP contribution is 2.29. The minimum absolute atomic E-state index is 0.122. The van der Waals surface area contributed by atoms with Gasteiger partial charge in [-0.1, -0.05) is 48.5 Å². The Hall–Kier alpha value is -4.54. The highest BCUT2D eigenvalue weighted by molar-refractivity contribution is 6.11. The van der Waals surface area contributed by atoms with Gasteiger partial charge in [-0.25, -0.2) is 9.67 Å². The van der Waals surface area contributed by atoms with Crippen LogP contribution in [0.4, 0.5) is 5.95 Å². The molecule has 1 saturated heterocycles. The van der Waals surface area contributed by atoms with Gasteiger partial charge >= 0.3 is 0 Å². The molecular weight excluding hydrogens is 496 g/mol. The molecule has 198 valence electrons. The molecule has 0 radical (unpaired) electrons. The van der Waals surface area contributed by atoms with Crippen LogP contribution in [-0.4, -0.2) is 42.9 Å². The van der Waals surface area contributed by atoms with E-state index in [1.165, 1.54) is 0 Å². The summed E-state index contributed by atoms with van der Waals surface area (Å²) in [4.78, 5) is 30.0. The number of nitrogens with one attached hydrogen (secondary N) is 1. The second-order valence-corrected chi connectivity index (χ2v) is 9.63. The van der Waals surface area contributed by atoms with Crippen molar-refractivity contribution in [2.45, 2.75) is 38.1 Å². The number of rotatable bonds is 7. The SMILES string of the molecule is NC(=O)c1ccc2c(c1)nc(NC(=O)c1nn(C3CCCCO3)c3ccccc13)n2C[C@@H](O)c1ccccc1. The van der Waals surface area contributed by atoms with E-state index >= 15 is 0 Å². The van der Waals surface area contributed by atoms with Crippen molar-refractivity contribution in [2.75, 3.05) is 11.9 Å². The van der Waals surface area contributed by atoms with Crippen molar-refractivity contribution in [3.8, 4) is 0 Å². The number of imidazole rings is 1. The van der Waals surface area contributed by atoms with Crippen LogP contribution in [0.2, 0.25) is 0 Å². The first-order chi connectivity index (χ1) is 19.0. The van der Waals surface area contributed by atoms with Crippen LogP contribution >= 0.6 is 0 Å². The molecule has 39 heavy (non-hydrogen) atoms. The van der Waals surface area contributed by atoms with Gasteiger partial charge in [-0.05, 0) is 49.1 Å². The van der Waals surface area contributed by atoms with Crippen molar-refractivity contribution in [3.05, 3.63) is 89.6 Å². The number of para-hydroxylation sites is 1. The van der Waals surface area contributed by atoms with Gasteiger partial charge in [-0.3, -0.25) is 14.9 Å². The van der Waals surface area contributed by atoms with Gasteiger partial charge in [0.1, 0.15) is 0 Å². The summed E-state index contributed by atoms with van der Waals surface area (Å²) < 4.78 is 9.45. The van der Waals surface area contributed by atoms with E-state index in [1.54, 1.807) is 27.4 Å². The number of primary amides is 1. The van der Waals surface area contributed by atoms with Crippen molar-refractivity contribution < 1.29 is 19.4 Å². The zero-order valence-electron chi connectivity index (χ0n) is 21.2. The number of carbonyl (C=O) groups is 2. The Labute approximate surface area is 224 Å². The lowest BCUT2D eigenvalue weighted by Gasteiger charge is -2.23. The van der Waals surface area contributed by atoms with Crippen molar-refractivity contribution in [2.24, 2.45) is 5.73 Å². The van der Waals surface area contributed by atoms with Gasteiger partial charge in [0.05, 0.1) is 29.2 Å². The number of fused-ring (bicyclic) bond motifs is 2. The Morgan fingerprint density at radius 1 is 1.05 bits per heavy atom. The maximum Gasteiger partial charge on any atom is 0.279 e. The van der Waals surface area contributed by atoms with Crippen molar-refractivity contribution in [1.29, 1.82) is 0 Å². The predicted molar refractivity (Wildman–Crippen MR) is 146 cm³/mol. The zero-order chi connectivity index (χ0) is 26.9. The summed E-state index contributed by atoms with van der Waals surface area (Å²) in [6.45, 7) is 0.776. The largest absolute Gasteiger partial charge is 0.387 e. The van der Waals surface area contributed by atoms with Gasteiger partial charge in [0.25, 0.3) is 5.91 Å². The highest BCUT2D eigenvalue weighted by Gasteiger charge is 2.25. The molecule has 2 amide bonds. The van der Waals surface area contributed by atoms with Crippen LogP contribution in [0, 0.1) is 0 Å². The molecule has 0 saturated carbocycles. The highest BCUT2D eigenvalue weighted by atomic mass is 16.5. The molecule has 0 aliphatic carbocycles. The minimum Gasteiger partial charge on any atom is -0.387 e. The van der Waals surface area contributed by atoms with Crippen LogP contribution in [0.25, 0.3) is 21.9 Å². The number of amides is 2. The molecule has 2 atom stereocenters. The van der Waals surface area contributed by atoms with Crippen LogP contribution in [0.3, 0.4) is 0 Å². The monoisotopic (exact) mass is 524 g/mol. The third-order valence-corrected chi connectivity index (χ3v) is 7.06. The zero-order valence-corrected chi connectivity index (χ0v) is 21.2. The number of aromatic nitrogens is 4. The molecule has 6 rings (SSSR count). The molecule has 10 heteroatoms. The van der Waals surface area contributed by atoms with E-state index in [9.17, 15) is 14.7 Å². The lowest BCUT2D eigenvalue weighted by atomic mass is 10.1. The van der Waals surface area contributed by atoms with Gasteiger partial charge in [0.15, 0.2) is 11.9 Å². The van der Waals surface area contributed by atoms with Crippen LogP contribution in [-0.2, 0) is 11.3 Å². The first-order valence-corrected chi connectivity index (χ1v) is 12.9. The molecule has 5 aromatic rings. The number of nitrogens with zero attached hydrogens (tertiary/aromatic N) is 4. The average Bonchev–Trinajstić information content (AvgIpc) is 3.52. The van der Waals surface area contributed by atoms with Gasteiger partial charge in [0.2, 0.25) is 11.9 Å². The fourth-order valence-corrected chi connectivity index (χ4v) is 5.07. The molecule has 0 bridgehead atoms. The predicted octanol–water partition coefficient (Wildman–Crippen LogP) is 4.17. The van der Waals surface area contributed by atoms with Crippen molar-refractivity contribution in [1.82, 2.24) is 19.3 Å². The molecule has 2 aromatic heterocycles. The average molecular weight is 525 g/mol. The van der Waals surface area contributed by atoms with E-state index in [0.717, 1.165) is 30.3 Å². The summed E-state index contributed by atoms with van der Waals surface area (Å²) in [7, 11) is 0. The first-order valence-electron chi connectivity index (χ1n) is 12.9. The third-order valence-electron chi connectivity index (χ3n) is 7.06. The summed E-state index contributed by atoms with van der Waals surface area (Å²) in [6, 6.07) is 21.7. The molecule has 0 spiro atoms. The number of nitrogens with two attached hydrogens (primary N) is 1. The molecule has 4 N–H and O–H groups in total. The van der Waals surface area contributed by atoms with Crippen LogP contribution in [0.15, 0.2) is 72.8 Å². The van der Waals surface area contributed by atoms with Gasteiger partial charge in [-0.15, -0.1) is 0 Å². The number of carbonyl (C=O) groups excluding carboxylic acids is 2. The van der Waals surface area contributed by atoms with Gasteiger partial charge in [-0.2, -0.15) is 5.10 Å². The lowest BCUT2D eigenvalue weighted by molar-refractivity contribution is -0.0367. The number of hydrogen-bond donors (Lipinski definition) is 3. The topological polar surface area (TPSA) is 137 Å². The van der Waals surface area contributed by atoms with E-state index in [2.05, 4.69) is 15.4 Å². The molecule has 1 unspecified atom stereocenters. The van der Waals surface area contributed by atoms with Crippen molar-refractivity contribution in [3.63, 3.8) is 0 Å². The van der Waals surface area contributed by atoms with Gasteiger partial charge in [0, 0.05) is 17.6 Å². The third kappa shape index (κ3) is 4.75. The minimum atomic E-state index is -0.862. The molecule has 10 nitrogen and oxygen atoms in total. The normalized spacial score (nSPS) is 16.4. The molecule has 1 aliphatic heterocycles. The van der Waals surface area contributed by atoms with E-state index in [-0.39, 0.29) is 24.4 Å². The van der Waals surface area contributed by atoms with Gasteiger partial charge < -0.3 is 20.1 Å². The molecule has 1 aliphatic rings. The quantitative estimate of drug-likeness (QED) is 0.292. The molecular formula is C29H28N6O4. The number of anilines is 1. The van der Waals surface area contributed by atoms with E-state index in [0.29, 0.717) is 28.6 Å². The van der Waals surface area contributed by atoms with E-state index in [1.807, 2.05) is 54.6 Å². The summed E-state index contributed by atoms with van der Waals surface area (Å²) in [5.74, 6) is -0.802. The molecule has 1 fully saturated rings. The summed E-state index contributed by atoms with van der Waals surface area (Å²) in [6.07, 6.45) is 1.76. The number of ether oxygens (including phenoxy) is 1. The summed E-state index contributed by atoms with van der Waals surface area (Å²) >= 11 is 0. The summed E-state index contributed by atoms with van der Waals surface area (Å²) in [5.41, 5.74) is 8.66. The second kappa shape index (κ2) is 10.3. The Bertz CT molecular complexity index is 1670. The van der Waals surface area contributed by atoms with E-state index in [4.69, 9.17) is 10.5 Å². The Morgan fingerprint density at radius 3 is 2.62 bits per heavy atom. The van der Waals surface area contributed by atoms with Crippen LogP contribution in [0.5, 0.6) is 0 Å². The van der Waals surface area contributed by atoms with Crippen LogP contribution in [0.1, 0.15) is 58.0 Å². The molecule has 3 heterocycles. The number of benzene rings is 3. The van der Waals surface area contributed by atoms with Crippen molar-refractivity contribution >= 4 is 39.7 Å². The number of aliphatic hydroxyl groups is 1. The Morgan fingerprint density at radius 2 is 1.85 bits per heavy atom. The van der Waals surface area contributed by atoms with E-state index < -0.39 is 17.9 Å². The lowest BCUT2D eigenvalue weighted by Crippen LogP contribution is -2.21. The fourth-order valence-electron chi connectivity index (χ4n) is 5.07. The Kier molecular flexibility index (Phi) is 6.55. The number of aliphatic hydroxyl groups excluding tert-OH is 1.